The number of anilines is 1. The molecule has 0 spiro atoms. The van der Waals surface area contributed by atoms with Crippen LogP contribution in [0.5, 0.6) is 0 Å². The largest absolute Gasteiger partial charge is 0.339 e. The topological polar surface area (TPSA) is 61.4 Å². The first kappa shape index (κ1) is 21.7. The Labute approximate surface area is 181 Å². The molecule has 2 amide bonds. The summed E-state index contributed by atoms with van der Waals surface area (Å²) < 4.78 is 0. The number of hydrogen-bond acceptors (Lipinski definition) is 4. The molecule has 156 valence electrons. The third-order valence-corrected chi connectivity index (χ3v) is 5.59. The molecule has 0 aliphatic heterocycles. The molecule has 6 heteroatoms. The molecule has 3 aromatic rings. The van der Waals surface area contributed by atoms with E-state index in [-0.39, 0.29) is 11.8 Å². The van der Waals surface area contributed by atoms with Crippen LogP contribution in [0.3, 0.4) is 0 Å². The van der Waals surface area contributed by atoms with E-state index in [4.69, 9.17) is 0 Å². The van der Waals surface area contributed by atoms with Crippen molar-refractivity contribution in [2.45, 2.75) is 18.9 Å². The first-order valence-electron chi connectivity index (χ1n) is 9.94. The first-order valence-corrected chi connectivity index (χ1v) is 10.8. The fourth-order valence-electron chi connectivity index (χ4n) is 3.03. The van der Waals surface area contributed by atoms with Crippen molar-refractivity contribution in [1.82, 2.24) is 10.2 Å². The van der Waals surface area contributed by atoms with Crippen molar-refractivity contribution in [3.63, 3.8) is 0 Å². The van der Waals surface area contributed by atoms with E-state index in [9.17, 15) is 9.59 Å². The van der Waals surface area contributed by atoms with Gasteiger partial charge in [0.1, 0.15) is 6.04 Å². The molecule has 0 radical (unpaired) electrons. The minimum Gasteiger partial charge on any atom is -0.339 e. The highest BCUT2D eigenvalue weighted by molar-refractivity contribution is 7.12. The Hall–Kier alpha value is -2.96. The summed E-state index contributed by atoms with van der Waals surface area (Å²) in [5, 5.41) is 7.68. The second kappa shape index (κ2) is 10.7. The van der Waals surface area contributed by atoms with Crippen LogP contribution >= 0.6 is 11.3 Å². The smallest absolute Gasteiger partial charge is 0.262 e. The molecule has 0 saturated carbocycles. The molecule has 1 atom stereocenters. The Balaban J connectivity index is 1.68. The van der Waals surface area contributed by atoms with Crippen LogP contribution in [0.25, 0.3) is 0 Å². The molecule has 0 saturated heterocycles. The maximum Gasteiger partial charge on any atom is 0.262 e. The molecule has 30 heavy (non-hydrogen) atoms. The molecule has 2 N–H and O–H groups in total. The van der Waals surface area contributed by atoms with Crippen molar-refractivity contribution in [1.29, 1.82) is 0 Å². The van der Waals surface area contributed by atoms with Crippen LogP contribution in [0.1, 0.15) is 20.8 Å². The second-order valence-electron chi connectivity index (χ2n) is 7.43. The van der Waals surface area contributed by atoms with Crippen LogP contribution in [-0.2, 0) is 17.6 Å². The Morgan fingerprint density at radius 1 is 0.933 bits per heavy atom. The highest BCUT2D eigenvalue weighted by Gasteiger charge is 2.22. The van der Waals surface area contributed by atoms with E-state index in [1.165, 1.54) is 16.9 Å². The summed E-state index contributed by atoms with van der Waals surface area (Å²) in [6, 6.07) is 20.5. The van der Waals surface area contributed by atoms with Gasteiger partial charge in [-0.05, 0) is 55.2 Å². The third-order valence-electron chi connectivity index (χ3n) is 4.72. The van der Waals surface area contributed by atoms with Gasteiger partial charge in [-0.2, -0.15) is 0 Å². The molecular weight excluding hydrogens is 394 g/mol. The molecule has 3 rings (SSSR count). The molecular formula is C24H27N3O2S. The molecule has 0 aliphatic carbocycles. The van der Waals surface area contributed by atoms with E-state index in [0.717, 1.165) is 24.2 Å². The van der Waals surface area contributed by atoms with Crippen molar-refractivity contribution < 1.29 is 9.59 Å². The van der Waals surface area contributed by atoms with Gasteiger partial charge in [-0.25, -0.2) is 0 Å². The highest BCUT2D eigenvalue weighted by atomic mass is 32.1. The lowest BCUT2D eigenvalue weighted by Crippen LogP contribution is -2.45. The van der Waals surface area contributed by atoms with E-state index in [1.54, 1.807) is 6.07 Å². The van der Waals surface area contributed by atoms with Gasteiger partial charge in [-0.1, -0.05) is 48.5 Å². The highest BCUT2D eigenvalue weighted by Crippen LogP contribution is 2.14. The second-order valence-corrected chi connectivity index (χ2v) is 8.38. The number of thiophene rings is 1. The number of benzene rings is 2. The number of hydrogen-bond donors (Lipinski definition) is 2. The Morgan fingerprint density at radius 2 is 1.67 bits per heavy atom. The fraction of sp³-hybridized carbons (Fsp3) is 0.250. The molecule has 1 unspecified atom stereocenters. The number of nitrogens with zero attached hydrogens (tertiary/aromatic N) is 1. The summed E-state index contributed by atoms with van der Waals surface area (Å²) in [6.07, 6.45) is 1.37. The predicted molar refractivity (Wildman–Crippen MR) is 123 cm³/mol. The van der Waals surface area contributed by atoms with Crippen molar-refractivity contribution in [2.75, 3.05) is 26.0 Å². The summed E-state index contributed by atoms with van der Waals surface area (Å²) >= 11 is 1.36. The van der Waals surface area contributed by atoms with E-state index in [1.807, 2.05) is 80.1 Å². The summed E-state index contributed by atoms with van der Waals surface area (Å²) in [5.74, 6) is -0.468. The van der Waals surface area contributed by atoms with E-state index in [0.29, 0.717) is 11.3 Å². The molecule has 5 nitrogen and oxygen atoms in total. The van der Waals surface area contributed by atoms with E-state index >= 15 is 0 Å². The summed E-state index contributed by atoms with van der Waals surface area (Å²) in [7, 11) is 4.10. The Bertz CT molecular complexity index is 938. The van der Waals surface area contributed by atoms with Gasteiger partial charge in [-0.15, -0.1) is 11.3 Å². The standard InChI is InChI=1S/C24H27N3O2S/c1-27(2)15-14-18-10-12-20(13-11-18)25-23(28)21(17-19-7-4-3-5-8-19)26-24(29)22-9-6-16-30-22/h3-13,16,21H,14-15,17H2,1-2H3,(H,25,28)(H,26,29). The number of rotatable bonds is 9. The van der Waals surface area contributed by atoms with E-state index < -0.39 is 6.04 Å². The van der Waals surface area contributed by atoms with Gasteiger partial charge in [-0.3, -0.25) is 9.59 Å². The SMILES string of the molecule is CN(C)CCc1ccc(NC(=O)C(Cc2ccccc2)NC(=O)c2cccs2)cc1. The lowest BCUT2D eigenvalue weighted by molar-refractivity contribution is -0.118. The van der Waals surface area contributed by atoms with Crippen LogP contribution in [-0.4, -0.2) is 43.4 Å². The predicted octanol–water partition coefficient (Wildman–Crippen LogP) is 3.83. The molecule has 2 aromatic carbocycles. The molecule has 1 aromatic heterocycles. The summed E-state index contributed by atoms with van der Waals surface area (Å²) in [5.41, 5.74) is 2.92. The molecule has 0 fully saturated rings. The quantitative estimate of drug-likeness (QED) is 0.552. The normalized spacial score (nSPS) is 11.8. The van der Waals surface area contributed by atoms with Gasteiger partial charge in [0.2, 0.25) is 5.91 Å². The van der Waals surface area contributed by atoms with Crippen molar-refractivity contribution in [2.24, 2.45) is 0 Å². The van der Waals surface area contributed by atoms with Gasteiger partial charge in [0.25, 0.3) is 5.91 Å². The monoisotopic (exact) mass is 421 g/mol. The zero-order chi connectivity index (χ0) is 21.3. The number of amides is 2. The van der Waals surface area contributed by atoms with Gasteiger partial charge in [0, 0.05) is 18.7 Å². The van der Waals surface area contributed by atoms with Gasteiger partial charge in [0.05, 0.1) is 4.88 Å². The molecule has 1 heterocycles. The first-order chi connectivity index (χ1) is 14.5. The maximum absolute atomic E-state index is 13.0. The minimum atomic E-state index is -0.671. The van der Waals surface area contributed by atoms with E-state index in [2.05, 4.69) is 15.5 Å². The van der Waals surface area contributed by atoms with Gasteiger partial charge < -0.3 is 15.5 Å². The zero-order valence-electron chi connectivity index (χ0n) is 17.3. The van der Waals surface area contributed by atoms with Crippen LogP contribution < -0.4 is 10.6 Å². The van der Waals surface area contributed by atoms with Crippen LogP contribution in [0, 0.1) is 0 Å². The molecule has 0 bridgehead atoms. The average Bonchev–Trinajstić information content (AvgIpc) is 3.28. The van der Waals surface area contributed by atoms with Crippen LogP contribution in [0.2, 0.25) is 0 Å². The number of nitrogens with one attached hydrogen (secondary N) is 2. The van der Waals surface area contributed by atoms with Crippen molar-refractivity contribution in [3.05, 3.63) is 88.1 Å². The lowest BCUT2D eigenvalue weighted by atomic mass is 10.0. The average molecular weight is 422 g/mol. The van der Waals surface area contributed by atoms with Crippen molar-refractivity contribution >= 4 is 28.8 Å². The Morgan fingerprint density at radius 3 is 2.30 bits per heavy atom. The minimum absolute atomic E-state index is 0.232. The number of likely N-dealkylation sites (N-methyl/N-ethyl adjacent to an activating group) is 1. The fourth-order valence-corrected chi connectivity index (χ4v) is 3.66. The summed E-state index contributed by atoms with van der Waals surface area (Å²) in [4.78, 5) is 28.3. The van der Waals surface area contributed by atoms with Crippen molar-refractivity contribution in [3.8, 4) is 0 Å². The molecule has 0 aliphatic rings. The van der Waals surface area contributed by atoms with Crippen LogP contribution in [0.4, 0.5) is 5.69 Å². The summed E-state index contributed by atoms with van der Waals surface area (Å²) in [6.45, 7) is 0.972. The lowest BCUT2D eigenvalue weighted by Gasteiger charge is -2.18. The Kier molecular flexibility index (Phi) is 7.76. The van der Waals surface area contributed by atoms with Crippen LogP contribution in [0.15, 0.2) is 72.1 Å². The number of carbonyl (C=O) groups is 2. The third kappa shape index (κ3) is 6.54. The van der Waals surface area contributed by atoms with Gasteiger partial charge in [0.15, 0.2) is 0 Å². The number of carbonyl (C=O) groups excluding carboxylic acids is 2. The maximum atomic E-state index is 13.0. The van der Waals surface area contributed by atoms with Gasteiger partial charge >= 0.3 is 0 Å². The zero-order valence-corrected chi connectivity index (χ0v) is 18.1.